The van der Waals surface area contributed by atoms with E-state index >= 15 is 0 Å². The summed E-state index contributed by atoms with van der Waals surface area (Å²) >= 11 is 0. The molecule has 1 spiro atoms. The summed E-state index contributed by atoms with van der Waals surface area (Å²) < 4.78 is 12.5. The number of para-hydroxylation sites is 2. The van der Waals surface area contributed by atoms with Crippen LogP contribution in [0.2, 0.25) is 0 Å². The van der Waals surface area contributed by atoms with Crippen LogP contribution in [0.25, 0.3) is 11.0 Å². The van der Waals surface area contributed by atoms with Gasteiger partial charge >= 0.3 is 6.16 Å². The molecule has 1 amide bonds. The molecule has 0 radical (unpaired) electrons. The Labute approximate surface area is 164 Å². The molecule has 0 saturated carbocycles. The zero-order valence-electron chi connectivity index (χ0n) is 16.5. The fourth-order valence-electron chi connectivity index (χ4n) is 4.33. The van der Waals surface area contributed by atoms with Gasteiger partial charge in [-0.3, -0.25) is 4.79 Å². The fourth-order valence-corrected chi connectivity index (χ4v) is 4.33. The molecule has 3 heterocycles. The lowest BCUT2D eigenvalue weighted by Crippen LogP contribution is -2.49. The Balaban J connectivity index is 1.58. The number of carbonyl (C=O) groups is 2. The second-order valence-electron chi connectivity index (χ2n) is 7.71. The van der Waals surface area contributed by atoms with Crippen molar-refractivity contribution in [1.29, 1.82) is 0 Å². The maximum atomic E-state index is 13.4. The summed E-state index contributed by atoms with van der Waals surface area (Å²) in [5.41, 5.74) is 1.40. The van der Waals surface area contributed by atoms with E-state index in [2.05, 4.69) is 11.5 Å². The van der Waals surface area contributed by atoms with Crippen LogP contribution < -0.4 is 0 Å². The molecule has 150 valence electrons. The van der Waals surface area contributed by atoms with E-state index in [1.54, 1.807) is 0 Å². The Morgan fingerprint density at radius 1 is 1.25 bits per heavy atom. The first-order valence-electron chi connectivity index (χ1n) is 10.2. The van der Waals surface area contributed by atoms with E-state index < -0.39 is 11.8 Å². The van der Waals surface area contributed by atoms with E-state index in [9.17, 15) is 9.59 Å². The lowest BCUT2D eigenvalue weighted by molar-refractivity contribution is -0.138. The minimum absolute atomic E-state index is 0.114. The van der Waals surface area contributed by atoms with Gasteiger partial charge in [0.25, 0.3) is 0 Å². The first-order valence-corrected chi connectivity index (χ1v) is 10.2. The number of hydrogen-bond acceptors (Lipinski definition) is 5. The van der Waals surface area contributed by atoms with Crippen molar-refractivity contribution in [1.82, 2.24) is 14.5 Å². The number of amides is 1. The second kappa shape index (κ2) is 7.45. The number of fused-ring (bicyclic) bond motifs is 1. The second-order valence-corrected chi connectivity index (χ2v) is 7.71. The predicted octanol–water partition coefficient (Wildman–Crippen LogP) is 3.47. The van der Waals surface area contributed by atoms with Gasteiger partial charge in [0.2, 0.25) is 5.91 Å². The topological polar surface area (TPSA) is 73.7 Å². The number of benzene rings is 1. The zero-order valence-corrected chi connectivity index (χ0v) is 16.5. The summed E-state index contributed by atoms with van der Waals surface area (Å²) in [5, 5.41) is 0. The van der Waals surface area contributed by atoms with E-state index in [1.807, 2.05) is 36.1 Å². The molecule has 4 rings (SSSR count). The lowest BCUT2D eigenvalue weighted by Gasteiger charge is -2.38. The van der Waals surface area contributed by atoms with Gasteiger partial charge in [0.05, 0.1) is 11.0 Å². The normalized spacial score (nSPS) is 19.6. The minimum Gasteiger partial charge on any atom is -0.430 e. The van der Waals surface area contributed by atoms with Crippen molar-refractivity contribution in [2.75, 3.05) is 19.7 Å². The number of likely N-dealkylation sites (tertiary alicyclic amines) is 1. The van der Waals surface area contributed by atoms with Crippen molar-refractivity contribution in [3.63, 3.8) is 0 Å². The zero-order chi connectivity index (χ0) is 19.7. The summed E-state index contributed by atoms with van der Waals surface area (Å²) in [7, 11) is 0. The highest BCUT2D eigenvalue weighted by Crippen LogP contribution is 2.33. The van der Waals surface area contributed by atoms with Crippen LogP contribution in [0.1, 0.15) is 51.4 Å². The average molecular weight is 385 g/mol. The Morgan fingerprint density at radius 3 is 2.64 bits per heavy atom. The number of aryl methyl sites for hydroxylation is 1. The van der Waals surface area contributed by atoms with Gasteiger partial charge < -0.3 is 18.9 Å². The van der Waals surface area contributed by atoms with Crippen LogP contribution in [0.4, 0.5) is 4.79 Å². The number of piperidine rings is 1. The SMILES string of the molecule is CCCc1nc2ccccc2n1C(CC)C(=O)N1CCC2(CC1)COC(=O)O2. The van der Waals surface area contributed by atoms with Gasteiger partial charge in [0, 0.05) is 32.4 Å². The summed E-state index contributed by atoms with van der Waals surface area (Å²) in [5.74, 6) is 1.08. The predicted molar refractivity (Wildman–Crippen MR) is 104 cm³/mol. The quantitative estimate of drug-likeness (QED) is 0.737. The van der Waals surface area contributed by atoms with Gasteiger partial charge in [-0.15, -0.1) is 0 Å². The number of cyclic esters (lactones) is 1. The number of hydrogen-bond donors (Lipinski definition) is 0. The maximum Gasteiger partial charge on any atom is 0.509 e. The van der Waals surface area contributed by atoms with Crippen molar-refractivity contribution in [3.05, 3.63) is 30.1 Å². The number of aromatic nitrogens is 2. The minimum atomic E-state index is -0.597. The molecule has 7 nitrogen and oxygen atoms in total. The molecule has 2 aromatic rings. The number of nitrogens with zero attached hydrogens (tertiary/aromatic N) is 3. The molecule has 2 aliphatic rings. The molecule has 0 aliphatic carbocycles. The Hall–Kier alpha value is -2.57. The summed E-state index contributed by atoms with van der Waals surface area (Å²) in [6, 6.07) is 7.74. The van der Waals surface area contributed by atoms with Crippen molar-refractivity contribution >= 4 is 23.1 Å². The molecule has 0 bridgehead atoms. The standard InChI is InChI=1S/C21H27N3O4/c1-3-7-18-22-15-8-5-6-9-17(15)24(18)16(4-2)19(25)23-12-10-21(11-13-23)14-27-20(26)28-21/h5-6,8-9,16H,3-4,7,10-14H2,1-2H3. The number of imidazole rings is 1. The molecular weight excluding hydrogens is 358 g/mol. The van der Waals surface area contributed by atoms with E-state index in [-0.39, 0.29) is 18.6 Å². The first kappa shape index (κ1) is 18.8. The smallest absolute Gasteiger partial charge is 0.430 e. The molecule has 1 atom stereocenters. The van der Waals surface area contributed by atoms with E-state index in [1.165, 1.54) is 0 Å². The van der Waals surface area contributed by atoms with Crippen molar-refractivity contribution in [2.24, 2.45) is 0 Å². The highest BCUT2D eigenvalue weighted by atomic mass is 16.8. The van der Waals surface area contributed by atoms with Gasteiger partial charge in [0.1, 0.15) is 18.5 Å². The highest BCUT2D eigenvalue weighted by Gasteiger charge is 2.46. The fraction of sp³-hybridized carbons (Fsp3) is 0.571. The first-order chi connectivity index (χ1) is 13.6. The number of rotatable bonds is 5. The van der Waals surface area contributed by atoms with E-state index in [0.717, 1.165) is 29.7 Å². The maximum absolute atomic E-state index is 13.4. The Kier molecular flexibility index (Phi) is 5.00. The summed E-state index contributed by atoms with van der Waals surface area (Å²) in [6.07, 6.45) is 3.16. The van der Waals surface area contributed by atoms with Gasteiger partial charge in [-0.05, 0) is 25.0 Å². The van der Waals surface area contributed by atoms with Gasteiger partial charge in [-0.1, -0.05) is 26.0 Å². The molecule has 1 unspecified atom stereocenters. The monoisotopic (exact) mass is 385 g/mol. The van der Waals surface area contributed by atoms with Crippen LogP contribution in [0.3, 0.4) is 0 Å². The van der Waals surface area contributed by atoms with Crippen LogP contribution in [0.5, 0.6) is 0 Å². The molecule has 2 aliphatic heterocycles. The average Bonchev–Trinajstić information content (AvgIpc) is 3.24. The molecule has 7 heteroatoms. The van der Waals surface area contributed by atoms with Crippen LogP contribution in [-0.2, 0) is 20.7 Å². The third-order valence-corrected chi connectivity index (χ3v) is 5.87. The van der Waals surface area contributed by atoms with Crippen LogP contribution in [0.15, 0.2) is 24.3 Å². The van der Waals surface area contributed by atoms with Crippen LogP contribution in [0, 0.1) is 0 Å². The third-order valence-electron chi connectivity index (χ3n) is 5.87. The Morgan fingerprint density at radius 2 is 2.00 bits per heavy atom. The molecule has 0 N–H and O–H groups in total. The molecule has 1 aromatic heterocycles. The molecule has 1 aromatic carbocycles. The number of carbonyl (C=O) groups excluding carboxylic acids is 2. The van der Waals surface area contributed by atoms with E-state index in [0.29, 0.717) is 32.4 Å². The van der Waals surface area contributed by atoms with Crippen molar-refractivity contribution < 1.29 is 19.1 Å². The van der Waals surface area contributed by atoms with E-state index in [4.69, 9.17) is 14.5 Å². The molecular formula is C21H27N3O4. The van der Waals surface area contributed by atoms with Crippen molar-refractivity contribution in [2.45, 2.75) is 57.6 Å². The van der Waals surface area contributed by atoms with Gasteiger partial charge in [-0.2, -0.15) is 0 Å². The van der Waals surface area contributed by atoms with Crippen molar-refractivity contribution in [3.8, 4) is 0 Å². The largest absolute Gasteiger partial charge is 0.509 e. The highest BCUT2D eigenvalue weighted by molar-refractivity contribution is 5.84. The number of ether oxygens (including phenoxy) is 2. The summed E-state index contributed by atoms with van der Waals surface area (Å²) in [6.45, 7) is 5.61. The third kappa shape index (κ3) is 3.23. The molecule has 28 heavy (non-hydrogen) atoms. The van der Waals surface area contributed by atoms with Gasteiger partial charge in [0.15, 0.2) is 5.60 Å². The Bertz CT molecular complexity index is 883. The van der Waals surface area contributed by atoms with Crippen LogP contribution >= 0.6 is 0 Å². The van der Waals surface area contributed by atoms with Gasteiger partial charge in [-0.25, -0.2) is 9.78 Å². The lowest BCUT2D eigenvalue weighted by atomic mass is 9.92. The van der Waals surface area contributed by atoms with Crippen LogP contribution in [-0.4, -0.2) is 51.8 Å². The molecule has 2 fully saturated rings. The molecule has 2 saturated heterocycles. The summed E-state index contributed by atoms with van der Waals surface area (Å²) in [4.78, 5) is 31.4.